The quantitative estimate of drug-likeness (QED) is 0.705. The van der Waals surface area contributed by atoms with Gasteiger partial charge in [0.2, 0.25) is 0 Å². The maximum absolute atomic E-state index is 9.81. The molecule has 2 unspecified atom stereocenters. The molecule has 0 saturated heterocycles. The van der Waals surface area contributed by atoms with Crippen molar-refractivity contribution in [3.05, 3.63) is 22.4 Å². The maximum Gasteiger partial charge on any atom is 0.0922 e. The molecule has 0 aromatic carbocycles. The Hall–Kier alpha value is -0.460. The molecular formula is C13H23NO3S. The van der Waals surface area contributed by atoms with Crippen molar-refractivity contribution in [2.45, 2.75) is 38.6 Å². The van der Waals surface area contributed by atoms with Crippen LogP contribution < -0.4 is 5.32 Å². The van der Waals surface area contributed by atoms with Gasteiger partial charge in [0, 0.05) is 13.1 Å². The van der Waals surface area contributed by atoms with Crippen LogP contribution in [0.1, 0.15) is 32.4 Å². The summed E-state index contributed by atoms with van der Waals surface area (Å²) >= 11 is 1.56. The highest BCUT2D eigenvalue weighted by atomic mass is 32.1. The van der Waals surface area contributed by atoms with Crippen LogP contribution in [0.3, 0.4) is 0 Å². The Balaban J connectivity index is 2.14. The third-order valence-electron chi connectivity index (χ3n) is 2.35. The molecule has 0 radical (unpaired) electrons. The van der Waals surface area contributed by atoms with E-state index in [0.29, 0.717) is 19.7 Å². The number of aliphatic hydroxyl groups excluding tert-OH is 2. The van der Waals surface area contributed by atoms with Gasteiger partial charge in [0.15, 0.2) is 0 Å². The van der Waals surface area contributed by atoms with Crippen LogP contribution in [0.5, 0.6) is 0 Å². The Morgan fingerprint density at radius 2 is 2.06 bits per heavy atom. The largest absolute Gasteiger partial charge is 0.389 e. The van der Waals surface area contributed by atoms with Crippen LogP contribution in [-0.4, -0.2) is 41.6 Å². The molecule has 0 bridgehead atoms. The van der Waals surface area contributed by atoms with Crippen LogP contribution in [0.4, 0.5) is 0 Å². The summed E-state index contributed by atoms with van der Waals surface area (Å²) < 4.78 is 5.47. The van der Waals surface area contributed by atoms with Gasteiger partial charge in [-0.2, -0.15) is 11.3 Å². The third kappa shape index (κ3) is 6.47. The molecule has 1 aromatic heterocycles. The molecule has 3 N–H and O–H groups in total. The average Bonchev–Trinajstić information content (AvgIpc) is 2.78. The van der Waals surface area contributed by atoms with Gasteiger partial charge in [-0.1, -0.05) is 0 Å². The lowest BCUT2D eigenvalue weighted by Crippen LogP contribution is -2.35. The number of aliphatic hydroxyl groups is 2. The molecular weight excluding hydrogens is 250 g/mol. The molecule has 0 fully saturated rings. The second-order valence-corrected chi connectivity index (χ2v) is 6.09. The summed E-state index contributed by atoms with van der Waals surface area (Å²) in [6.07, 6.45) is -1.08. The van der Waals surface area contributed by atoms with E-state index in [-0.39, 0.29) is 5.60 Å². The first kappa shape index (κ1) is 15.6. The molecule has 18 heavy (non-hydrogen) atoms. The minimum absolute atomic E-state index is 0.239. The summed E-state index contributed by atoms with van der Waals surface area (Å²) in [5.41, 5.74) is 0.671. The number of ether oxygens (including phenoxy) is 1. The molecule has 2 atom stereocenters. The maximum atomic E-state index is 9.81. The fourth-order valence-corrected chi connectivity index (χ4v) is 2.08. The van der Waals surface area contributed by atoms with Crippen LogP contribution in [0.2, 0.25) is 0 Å². The molecule has 1 heterocycles. The second kappa shape index (κ2) is 7.21. The summed E-state index contributed by atoms with van der Waals surface area (Å²) in [6.45, 7) is 7.00. The highest BCUT2D eigenvalue weighted by molar-refractivity contribution is 7.07. The van der Waals surface area contributed by atoms with E-state index in [0.717, 1.165) is 5.56 Å². The fraction of sp³-hybridized carbons (Fsp3) is 0.692. The van der Waals surface area contributed by atoms with E-state index in [2.05, 4.69) is 5.32 Å². The molecule has 0 spiro atoms. The number of nitrogens with one attached hydrogen (secondary N) is 1. The number of hydrogen-bond acceptors (Lipinski definition) is 5. The monoisotopic (exact) mass is 273 g/mol. The van der Waals surface area contributed by atoms with Gasteiger partial charge in [0.25, 0.3) is 0 Å². The average molecular weight is 273 g/mol. The molecule has 0 aliphatic carbocycles. The fourth-order valence-electron chi connectivity index (χ4n) is 1.37. The van der Waals surface area contributed by atoms with Gasteiger partial charge in [-0.3, -0.25) is 0 Å². The summed E-state index contributed by atoms with van der Waals surface area (Å²) in [5, 5.41) is 26.4. The normalized spacial score (nSPS) is 15.6. The van der Waals surface area contributed by atoms with Crippen molar-refractivity contribution in [1.82, 2.24) is 5.32 Å². The lowest BCUT2D eigenvalue weighted by molar-refractivity contribution is -0.0482. The van der Waals surface area contributed by atoms with Gasteiger partial charge >= 0.3 is 0 Å². The highest BCUT2D eigenvalue weighted by Crippen LogP contribution is 2.15. The minimum atomic E-state index is -0.557. The molecule has 5 heteroatoms. The van der Waals surface area contributed by atoms with Gasteiger partial charge in [0.1, 0.15) is 0 Å². The molecule has 0 aliphatic rings. The predicted molar refractivity (Wildman–Crippen MR) is 73.9 cm³/mol. The van der Waals surface area contributed by atoms with Crippen LogP contribution >= 0.6 is 11.3 Å². The van der Waals surface area contributed by atoms with Crippen molar-refractivity contribution in [3.63, 3.8) is 0 Å². The zero-order valence-corrected chi connectivity index (χ0v) is 12.0. The molecule has 0 amide bonds. The van der Waals surface area contributed by atoms with Gasteiger partial charge < -0.3 is 20.3 Å². The Kier molecular flexibility index (Phi) is 6.25. The van der Waals surface area contributed by atoms with Gasteiger partial charge in [-0.05, 0) is 43.2 Å². The standard InChI is InChI=1S/C13H23NO3S/c1-13(2,3)17-8-11(15)6-14-7-12(16)10-4-5-18-9-10/h4-5,9,11-12,14-16H,6-8H2,1-3H3. The summed E-state index contributed by atoms with van der Waals surface area (Å²) in [5.74, 6) is 0. The van der Waals surface area contributed by atoms with Crippen LogP contribution in [0.25, 0.3) is 0 Å². The van der Waals surface area contributed by atoms with E-state index in [4.69, 9.17) is 4.74 Å². The number of rotatable bonds is 7. The SMILES string of the molecule is CC(C)(C)OCC(O)CNCC(O)c1ccsc1. The summed E-state index contributed by atoms with van der Waals surface area (Å²) in [4.78, 5) is 0. The van der Waals surface area contributed by atoms with Crippen molar-refractivity contribution in [3.8, 4) is 0 Å². The van der Waals surface area contributed by atoms with Gasteiger partial charge in [-0.15, -0.1) is 0 Å². The van der Waals surface area contributed by atoms with Crippen molar-refractivity contribution < 1.29 is 14.9 Å². The van der Waals surface area contributed by atoms with Crippen LogP contribution in [0.15, 0.2) is 16.8 Å². The molecule has 0 saturated carbocycles. The Morgan fingerprint density at radius 1 is 1.33 bits per heavy atom. The van der Waals surface area contributed by atoms with E-state index in [1.807, 2.05) is 37.6 Å². The van der Waals surface area contributed by atoms with E-state index in [1.54, 1.807) is 11.3 Å². The van der Waals surface area contributed by atoms with E-state index < -0.39 is 12.2 Å². The molecule has 1 aromatic rings. The third-order valence-corrected chi connectivity index (χ3v) is 3.06. The lowest BCUT2D eigenvalue weighted by atomic mass is 10.2. The van der Waals surface area contributed by atoms with Crippen molar-refractivity contribution in [2.24, 2.45) is 0 Å². The first-order valence-electron chi connectivity index (χ1n) is 6.11. The second-order valence-electron chi connectivity index (χ2n) is 5.31. The van der Waals surface area contributed by atoms with Crippen molar-refractivity contribution in [2.75, 3.05) is 19.7 Å². The zero-order chi connectivity index (χ0) is 13.6. The van der Waals surface area contributed by atoms with E-state index >= 15 is 0 Å². The number of thiophene rings is 1. The molecule has 1 rings (SSSR count). The minimum Gasteiger partial charge on any atom is -0.389 e. The van der Waals surface area contributed by atoms with Crippen molar-refractivity contribution in [1.29, 1.82) is 0 Å². The summed E-state index contributed by atoms with van der Waals surface area (Å²) in [7, 11) is 0. The lowest BCUT2D eigenvalue weighted by Gasteiger charge is -2.22. The molecule has 0 aliphatic heterocycles. The highest BCUT2D eigenvalue weighted by Gasteiger charge is 2.14. The van der Waals surface area contributed by atoms with E-state index in [1.165, 1.54) is 0 Å². The molecule has 4 nitrogen and oxygen atoms in total. The summed E-state index contributed by atoms with van der Waals surface area (Å²) in [6, 6.07) is 1.90. The van der Waals surface area contributed by atoms with Crippen molar-refractivity contribution >= 4 is 11.3 Å². The Labute approximate surface area is 113 Å². The zero-order valence-electron chi connectivity index (χ0n) is 11.2. The van der Waals surface area contributed by atoms with Crippen LogP contribution in [0, 0.1) is 0 Å². The molecule has 104 valence electrons. The smallest absolute Gasteiger partial charge is 0.0922 e. The predicted octanol–water partition coefficient (Wildman–Crippen LogP) is 1.55. The first-order chi connectivity index (χ1) is 8.38. The van der Waals surface area contributed by atoms with Gasteiger partial charge in [-0.25, -0.2) is 0 Å². The topological polar surface area (TPSA) is 61.7 Å². The first-order valence-corrected chi connectivity index (χ1v) is 7.05. The van der Waals surface area contributed by atoms with Gasteiger partial charge in [0.05, 0.1) is 24.4 Å². The Morgan fingerprint density at radius 3 is 2.61 bits per heavy atom. The van der Waals surface area contributed by atoms with Crippen LogP contribution in [-0.2, 0) is 4.74 Å². The van der Waals surface area contributed by atoms with E-state index in [9.17, 15) is 10.2 Å². The Bertz CT molecular complexity index is 321. The number of hydrogen-bond donors (Lipinski definition) is 3.